The lowest BCUT2D eigenvalue weighted by Crippen LogP contribution is -2.62. The molecule has 25 heteroatoms. The molecule has 1 saturated heterocycles. The molecule has 11 atom stereocenters. The number of rotatable bonds is 26. The predicted molar refractivity (Wildman–Crippen MR) is 260 cm³/mol. The molecule has 400 valence electrons. The Bertz CT molecular complexity index is 2430. The van der Waals surface area contributed by atoms with Gasteiger partial charge >= 0.3 is 5.97 Å². The van der Waals surface area contributed by atoms with Gasteiger partial charge in [0.2, 0.25) is 47.3 Å². The topological polar surface area (TPSA) is 404 Å². The van der Waals surface area contributed by atoms with Crippen LogP contribution in [-0.2, 0) is 56.0 Å². The van der Waals surface area contributed by atoms with Crippen LogP contribution in [0.1, 0.15) is 65.0 Å². The molecule has 2 heterocycles. The lowest BCUT2D eigenvalue weighted by Gasteiger charge is -2.29. The van der Waals surface area contributed by atoms with Gasteiger partial charge in [0.1, 0.15) is 54.1 Å². The van der Waals surface area contributed by atoms with Crippen LogP contribution in [0.4, 0.5) is 0 Å². The van der Waals surface area contributed by atoms with Crippen molar-refractivity contribution in [2.45, 2.75) is 133 Å². The van der Waals surface area contributed by atoms with E-state index in [9.17, 15) is 73.8 Å². The number of phenolic OH excluding ortho intramolecular Hbond substituents is 1. The zero-order chi connectivity index (χ0) is 54.3. The lowest BCUT2D eigenvalue weighted by molar-refractivity contribution is -0.143. The van der Waals surface area contributed by atoms with Crippen LogP contribution in [0, 0.1) is 5.92 Å². The largest absolute Gasteiger partial charge is 0.508 e. The van der Waals surface area contributed by atoms with E-state index in [1.807, 2.05) is 0 Å². The summed E-state index contributed by atoms with van der Waals surface area (Å²) in [5.41, 5.74) is 7.45. The van der Waals surface area contributed by atoms with Gasteiger partial charge in [-0.25, -0.2) is 4.79 Å². The maximum atomic E-state index is 14.4. The number of nitrogens with one attached hydrogen (secondary N) is 8. The number of nitrogens with two attached hydrogens (primary N) is 1. The first kappa shape index (κ1) is 58.4. The van der Waals surface area contributed by atoms with E-state index in [1.54, 1.807) is 44.3 Å². The fraction of sp³-hybridized carbons (Fsp3) is 0.521. The first-order valence-electron chi connectivity index (χ1n) is 23.8. The fourth-order valence-electron chi connectivity index (χ4n) is 8.04. The Hall–Kier alpha value is -7.19. The number of carbonyl (C=O) groups excluding carboxylic acids is 8. The summed E-state index contributed by atoms with van der Waals surface area (Å²) in [7, 11) is 0. The van der Waals surface area contributed by atoms with Crippen molar-refractivity contribution in [2.75, 3.05) is 19.7 Å². The van der Waals surface area contributed by atoms with Crippen molar-refractivity contribution >= 4 is 64.1 Å². The number of aromatic nitrogens is 1. The number of aliphatic hydroxyl groups excluding tert-OH is 4. The van der Waals surface area contributed by atoms with Gasteiger partial charge in [0.25, 0.3) is 0 Å². The Morgan fingerprint density at radius 1 is 0.699 bits per heavy atom. The number of hydrogen-bond donors (Lipinski definition) is 15. The van der Waals surface area contributed by atoms with Crippen LogP contribution in [0.3, 0.4) is 0 Å². The monoisotopic (exact) mass is 1020 g/mol. The Kier molecular flexibility index (Phi) is 21.6. The van der Waals surface area contributed by atoms with Crippen LogP contribution in [-0.4, -0.2) is 180 Å². The number of carbonyl (C=O) groups is 9. The van der Waals surface area contributed by atoms with Crippen molar-refractivity contribution in [1.29, 1.82) is 0 Å². The second-order valence-electron chi connectivity index (χ2n) is 18.5. The SMILES string of the molecule is CC(C)C[C@H](NC(=O)[C@H](Cc1c[nH]c2ccccc12)NC(=O)[C@@H](NC(=O)CNC(=O)[C@H](CO)NC(=O)[C@@H]1CCCN1C(=O)[C@@H](N)[C@@H](C)O)[C@@H](C)O)C(=O)N[C@H](C(=O)N[C@@H](Cc1ccc(O)cc1)C(=O)O)[C@@H](C)O. The molecule has 73 heavy (non-hydrogen) atoms. The number of fused-ring (bicyclic) bond motifs is 1. The molecule has 16 N–H and O–H groups in total. The summed E-state index contributed by atoms with van der Waals surface area (Å²) < 4.78 is 0. The van der Waals surface area contributed by atoms with Gasteiger partial charge in [-0.3, -0.25) is 38.4 Å². The quantitative estimate of drug-likeness (QED) is 0.0368. The minimum atomic E-state index is -1.75. The maximum Gasteiger partial charge on any atom is 0.326 e. The zero-order valence-electron chi connectivity index (χ0n) is 41.2. The molecule has 3 aromatic rings. The molecule has 1 aromatic heterocycles. The third-order valence-electron chi connectivity index (χ3n) is 12.1. The Labute approximate surface area is 420 Å². The van der Waals surface area contributed by atoms with E-state index in [-0.39, 0.29) is 43.9 Å². The Balaban J connectivity index is 1.48. The van der Waals surface area contributed by atoms with Crippen molar-refractivity contribution in [1.82, 2.24) is 47.1 Å². The molecule has 4 rings (SSSR count). The van der Waals surface area contributed by atoms with Gasteiger partial charge in [-0.2, -0.15) is 0 Å². The predicted octanol–water partition coefficient (Wildman–Crippen LogP) is -3.73. The van der Waals surface area contributed by atoms with Gasteiger partial charge in [0.15, 0.2) is 0 Å². The first-order chi connectivity index (χ1) is 34.4. The van der Waals surface area contributed by atoms with Crippen molar-refractivity contribution in [3.05, 3.63) is 65.9 Å². The van der Waals surface area contributed by atoms with Gasteiger partial charge in [-0.15, -0.1) is 0 Å². The fourth-order valence-corrected chi connectivity index (χ4v) is 8.04. The number of aromatic amines is 1. The molecule has 1 fully saturated rings. The molecule has 0 bridgehead atoms. The number of carboxylic acids is 1. The number of H-pyrrole nitrogens is 1. The molecule has 2 aromatic carbocycles. The number of nitrogens with zero attached hydrogens (tertiary/aromatic N) is 1. The summed E-state index contributed by atoms with van der Waals surface area (Å²) in [4.78, 5) is 124. The van der Waals surface area contributed by atoms with E-state index in [0.29, 0.717) is 28.5 Å². The van der Waals surface area contributed by atoms with Crippen LogP contribution >= 0.6 is 0 Å². The minimum absolute atomic E-state index is 0.0334. The highest BCUT2D eigenvalue weighted by Gasteiger charge is 2.39. The number of aliphatic carboxylic acids is 1. The Morgan fingerprint density at radius 2 is 1.29 bits per heavy atom. The summed E-state index contributed by atoms with van der Waals surface area (Å²) in [5.74, 6) is -9.27. The van der Waals surface area contributed by atoms with E-state index >= 15 is 0 Å². The molecule has 0 radical (unpaired) electrons. The highest BCUT2D eigenvalue weighted by Crippen LogP contribution is 2.21. The van der Waals surface area contributed by atoms with Gasteiger partial charge in [0.05, 0.1) is 31.5 Å². The molecular weight excluding hydrogens is 957 g/mol. The van der Waals surface area contributed by atoms with Crippen molar-refractivity contribution < 1.29 is 73.8 Å². The van der Waals surface area contributed by atoms with Gasteiger partial charge in [-0.1, -0.05) is 44.2 Å². The summed E-state index contributed by atoms with van der Waals surface area (Å²) in [5, 5.41) is 78.0. The molecule has 0 aliphatic carbocycles. The van der Waals surface area contributed by atoms with Gasteiger partial charge in [-0.05, 0) is 75.3 Å². The summed E-state index contributed by atoms with van der Waals surface area (Å²) in [6.45, 7) is 5.57. The number of carboxylic acid groups (broad SMARTS) is 1. The highest BCUT2D eigenvalue weighted by molar-refractivity contribution is 5.98. The number of phenols is 1. The van der Waals surface area contributed by atoms with E-state index in [1.165, 1.54) is 49.9 Å². The molecule has 0 unspecified atom stereocenters. The van der Waals surface area contributed by atoms with E-state index in [2.05, 4.69) is 42.2 Å². The third-order valence-corrected chi connectivity index (χ3v) is 12.1. The standard InChI is InChI=1S/C48H68N10O15/c1-23(2)17-32(43(67)57-40(26(5)62)46(70)54-34(48(72)73)18-27-12-14-29(63)15-13-27)52-42(66)33(19-28-20-50-31-10-7-6-9-30(28)31)53-45(69)39(25(4)61)56-37(64)21-51-41(65)35(22-59)55-44(68)36-11-8-16-58(36)47(71)38(49)24(3)60/h6-7,9-10,12-15,20,23-26,32-36,38-40,50,59-63H,8,11,16-19,21-22,49H2,1-5H3,(H,51,65)(H,52,66)(H,53,69)(H,54,70)(H,55,68)(H,56,64)(H,57,67)(H,72,73)/t24-,25-,26-,32+,33+,34+,35+,36+,38+,39+,40+/m1/s1. The second kappa shape index (κ2) is 27.0. The average Bonchev–Trinajstić information content (AvgIpc) is 4.00. The molecule has 1 aliphatic rings. The molecule has 0 saturated carbocycles. The number of benzene rings is 2. The van der Waals surface area contributed by atoms with E-state index in [4.69, 9.17) is 5.73 Å². The summed E-state index contributed by atoms with van der Waals surface area (Å²) in [6, 6.07) is 0.788. The number of aromatic hydroxyl groups is 1. The van der Waals surface area contributed by atoms with Crippen molar-refractivity contribution in [3.8, 4) is 5.75 Å². The van der Waals surface area contributed by atoms with Crippen LogP contribution in [0.2, 0.25) is 0 Å². The van der Waals surface area contributed by atoms with Crippen molar-refractivity contribution in [2.24, 2.45) is 11.7 Å². The number of aliphatic hydroxyl groups is 4. The second-order valence-corrected chi connectivity index (χ2v) is 18.5. The van der Waals surface area contributed by atoms with Crippen LogP contribution in [0.15, 0.2) is 54.7 Å². The normalized spacial score (nSPS) is 17.6. The average molecular weight is 1030 g/mol. The molecular formula is C48H68N10O15. The van der Waals surface area contributed by atoms with Gasteiger partial charge < -0.3 is 83.5 Å². The molecule has 1 aliphatic heterocycles. The van der Waals surface area contributed by atoms with Crippen LogP contribution < -0.4 is 43.0 Å². The van der Waals surface area contributed by atoms with E-state index in [0.717, 1.165) is 0 Å². The Morgan fingerprint density at radius 3 is 1.88 bits per heavy atom. The molecule has 8 amide bonds. The van der Waals surface area contributed by atoms with E-state index < -0.39 is 133 Å². The minimum Gasteiger partial charge on any atom is -0.508 e. The molecule has 25 nitrogen and oxygen atoms in total. The molecule has 0 spiro atoms. The maximum absolute atomic E-state index is 14.4. The highest BCUT2D eigenvalue weighted by atomic mass is 16.4. The lowest BCUT2D eigenvalue weighted by atomic mass is 9.99. The van der Waals surface area contributed by atoms with Crippen LogP contribution in [0.5, 0.6) is 5.75 Å². The number of amides is 8. The number of hydrogen-bond acceptors (Lipinski definition) is 15. The van der Waals surface area contributed by atoms with Crippen LogP contribution in [0.25, 0.3) is 10.9 Å². The smallest absolute Gasteiger partial charge is 0.326 e. The zero-order valence-corrected chi connectivity index (χ0v) is 41.2. The third kappa shape index (κ3) is 16.7. The summed E-state index contributed by atoms with van der Waals surface area (Å²) in [6.07, 6.45) is -2.60. The van der Waals surface area contributed by atoms with Gasteiger partial charge in [0, 0.05) is 36.5 Å². The van der Waals surface area contributed by atoms with Crippen molar-refractivity contribution in [3.63, 3.8) is 0 Å². The number of para-hydroxylation sites is 1. The summed E-state index contributed by atoms with van der Waals surface area (Å²) >= 11 is 0. The first-order valence-corrected chi connectivity index (χ1v) is 23.8. The number of likely N-dealkylation sites (tertiary alicyclic amines) is 1.